The van der Waals surface area contributed by atoms with Gasteiger partial charge in [-0.1, -0.05) is 11.3 Å². The van der Waals surface area contributed by atoms with Gasteiger partial charge in [0.15, 0.2) is 6.29 Å². The van der Waals surface area contributed by atoms with Crippen LogP contribution in [0.25, 0.3) is 11.0 Å². The Bertz CT molecular complexity index is 1120. The number of carbonyl (C=O) groups is 1. The highest BCUT2D eigenvalue weighted by molar-refractivity contribution is 5.92. The zero-order valence-corrected chi connectivity index (χ0v) is 19.9. The van der Waals surface area contributed by atoms with Crippen molar-refractivity contribution in [2.45, 2.75) is 45.0 Å². The fraction of sp³-hybridized carbons (Fsp3) is 0.542. The van der Waals surface area contributed by atoms with Crippen LogP contribution in [0.15, 0.2) is 30.6 Å². The number of carbonyl (C=O) groups excluding carboxylic acids is 1. The number of rotatable bonds is 8. The van der Waals surface area contributed by atoms with Crippen molar-refractivity contribution in [1.82, 2.24) is 30.4 Å². The molecule has 11 heteroatoms. The average molecular weight is 482 g/mol. The van der Waals surface area contributed by atoms with E-state index in [9.17, 15) is 4.79 Å². The zero-order chi connectivity index (χ0) is 24.0. The molecule has 0 aliphatic carbocycles. The number of hydrogen-bond acceptors (Lipinski definition) is 9. The molecule has 1 aromatic carbocycles. The molecule has 5 rings (SSSR count). The molecule has 11 nitrogen and oxygen atoms in total. The summed E-state index contributed by atoms with van der Waals surface area (Å²) >= 11 is 0. The van der Waals surface area contributed by atoms with E-state index in [1.165, 1.54) is 12.4 Å². The van der Waals surface area contributed by atoms with E-state index in [1.54, 1.807) is 4.68 Å². The number of aromatic nitrogens is 5. The van der Waals surface area contributed by atoms with Gasteiger partial charge in [-0.3, -0.25) is 4.79 Å². The van der Waals surface area contributed by atoms with Crippen LogP contribution in [0, 0.1) is 5.92 Å². The summed E-state index contributed by atoms with van der Waals surface area (Å²) in [5.41, 5.74) is 5.79. The molecule has 2 aliphatic heterocycles. The summed E-state index contributed by atoms with van der Waals surface area (Å²) < 4.78 is 13.2. The van der Waals surface area contributed by atoms with E-state index in [4.69, 9.17) is 14.3 Å². The van der Waals surface area contributed by atoms with Gasteiger partial charge in [0.2, 0.25) is 5.95 Å². The number of anilines is 1. The lowest BCUT2D eigenvalue weighted by atomic mass is 9.98. The Hall–Kier alpha value is -3.15. The van der Waals surface area contributed by atoms with Crippen molar-refractivity contribution in [2.75, 3.05) is 31.2 Å². The van der Waals surface area contributed by atoms with Crippen molar-refractivity contribution >= 4 is 22.9 Å². The Kier molecular flexibility index (Phi) is 7.45. The van der Waals surface area contributed by atoms with E-state index in [0.29, 0.717) is 30.6 Å². The van der Waals surface area contributed by atoms with Crippen molar-refractivity contribution in [2.24, 2.45) is 13.0 Å². The van der Waals surface area contributed by atoms with Gasteiger partial charge in [0.1, 0.15) is 5.52 Å². The molecule has 0 bridgehead atoms. The first-order chi connectivity index (χ1) is 17.2. The molecule has 1 amide bonds. The van der Waals surface area contributed by atoms with Crippen LogP contribution in [0.3, 0.4) is 0 Å². The molecular formula is C24H31N7O4. The Labute approximate surface area is 203 Å². The van der Waals surface area contributed by atoms with Gasteiger partial charge in [-0.05, 0) is 49.3 Å². The fourth-order valence-electron chi connectivity index (χ4n) is 4.40. The normalized spacial score (nSPS) is 19.2. The summed E-state index contributed by atoms with van der Waals surface area (Å²) in [4.78, 5) is 28.5. The number of nitrogens with one attached hydrogen (secondary N) is 1. The van der Waals surface area contributed by atoms with Crippen molar-refractivity contribution < 1.29 is 19.1 Å². The third-order valence-corrected chi connectivity index (χ3v) is 6.52. The largest absolute Gasteiger partial charge is 0.376 e. The third-order valence-electron chi connectivity index (χ3n) is 6.52. The van der Waals surface area contributed by atoms with Crippen molar-refractivity contribution in [3.05, 3.63) is 41.7 Å². The van der Waals surface area contributed by atoms with Crippen LogP contribution in [0.5, 0.6) is 0 Å². The number of nitrogens with zero attached hydrogens (tertiary/aromatic N) is 6. The number of fused-ring (bicyclic) bond motifs is 1. The lowest BCUT2D eigenvalue weighted by Crippen LogP contribution is -2.36. The molecule has 2 saturated heterocycles. The molecule has 1 atom stereocenters. The van der Waals surface area contributed by atoms with E-state index in [-0.39, 0.29) is 12.2 Å². The fourth-order valence-corrected chi connectivity index (χ4v) is 4.40. The lowest BCUT2D eigenvalue weighted by molar-refractivity contribution is -0.186. The van der Waals surface area contributed by atoms with Crippen LogP contribution in [0.1, 0.15) is 48.0 Å². The van der Waals surface area contributed by atoms with E-state index in [1.807, 2.05) is 19.2 Å². The standard InChI is InChI=1S/C24H31N7O4/c1-30-21-6-5-18(12-20(21)27-29-30)16-33-15-17-7-9-31(10-8-17)24-25-13-19(14-26-24)23(32)28-35-22-4-2-3-11-34-22/h5-6,12-14,17,22H,2-4,7-11,15-16H2,1H3,(H,28,32). The molecule has 4 heterocycles. The van der Waals surface area contributed by atoms with Gasteiger partial charge in [-0.2, -0.15) is 0 Å². The van der Waals surface area contributed by atoms with Gasteiger partial charge in [0.25, 0.3) is 5.91 Å². The molecule has 0 saturated carbocycles. The highest BCUT2D eigenvalue weighted by atomic mass is 16.8. The molecular weight excluding hydrogens is 450 g/mol. The highest BCUT2D eigenvalue weighted by Gasteiger charge is 2.22. The first-order valence-corrected chi connectivity index (χ1v) is 12.2. The van der Waals surface area contributed by atoms with Crippen LogP contribution in [-0.2, 0) is 28.0 Å². The summed E-state index contributed by atoms with van der Waals surface area (Å²) in [5, 5.41) is 8.21. The molecule has 1 unspecified atom stereocenters. The number of hydrogen-bond donors (Lipinski definition) is 1. The predicted molar refractivity (Wildman–Crippen MR) is 127 cm³/mol. The summed E-state index contributed by atoms with van der Waals surface area (Å²) in [6.45, 7) is 3.65. The molecule has 1 N–H and O–H groups in total. The number of amides is 1. The first kappa shape index (κ1) is 23.6. The SMILES string of the molecule is Cn1nnc2cc(COCC3CCN(c4ncc(C(=O)NOC5CCCCO5)cn4)CC3)ccc21. The van der Waals surface area contributed by atoms with Crippen molar-refractivity contribution in [1.29, 1.82) is 0 Å². The zero-order valence-electron chi connectivity index (χ0n) is 19.9. The maximum Gasteiger partial charge on any atom is 0.278 e. The Morgan fingerprint density at radius 1 is 1.17 bits per heavy atom. The van der Waals surface area contributed by atoms with Crippen LogP contribution in [0.4, 0.5) is 5.95 Å². The van der Waals surface area contributed by atoms with Gasteiger partial charge in [0, 0.05) is 52.2 Å². The van der Waals surface area contributed by atoms with E-state index in [2.05, 4.69) is 36.7 Å². The van der Waals surface area contributed by atoms with E-state index < -0.39 is 0 Å². The van der Waals surface area contributed by atoms with Crippen molar-refractivity contribution in [3.8, 4) is 0 Å². The molecule has 3 aromatic rings. The van der Waals surface area contributed by atoms with E-state index >= 15 is 0 Å². The Morgan fingerprint density at radius 2 is 2.00 bits per heavy atom. The molecule has 0 spiro atoms. The number of ether oxygens (including phenoxy) is 2. The molecule has 35 heavy (non-hydrogen) atoms. The summed E-state index contributed by atoms with van der Waals surface area (Å²) in [6, 6.07) is 6.12. The van der Waals surface area contributed by atoms with Crippen LogP contribution >= 0.6 is 0 Å². The monoisotopic (exact) mass is 481 g/mol. The Morgan fingerprint density at radius 3 is 2.77 bits per heavy atom. The van der Waals surface area contributed by atoms with Crippen LogP contribution < -0.4 is 10.4 Å². The minimum atomic E-state index is -0.389. The molecule has 2 aromatic heterocycles. The first-order valence-electron chi connectivity index (χ1n) is 12.2. The lowest BCUT2D eigenvalue weighted by Gasteiger charge is -2.31. The van der Waals surface area contributed by atoms with Gasteiger partial charge >= 0.3 is 0 Å². The highest BCUT2D eigenvalue weighted by Crippen LogP contribution is 2.22. The number of hydroxylamine groups is 1. The second-order valence-electron chi connectivity index (χ2n) is 9.10. The van der Waals surface area contributed by atoms with Gasteiger partial charge in [-0.15, -0.1) is 5.10 Å². The summed E-state index contributed by atoms with van der Waals surface area (Å²) in [7, 11) is 1.89. The van der Waals surface area contributed by atoms with Gasteiger partial charge < -0.3 is 14.4 Å². The maximum absolute atomic E-state index is 12.3. The molecule has 2 aliphatic rings. The quantitative estimate of drug-likeness (QED) is 0.484. The van der Waals surface area contributed by atoms with Gasteiger partial charge in [0.05, 0.1) is 17.7 Å². The molecule has 0 radical (unpaired) electrons. The smallest absolute Gasteiger partial charge is 0.278 e. The number of piperidine rings is 1. The second kappa shape index (κ2) is 11.1. The van der Waals surface area contributed by atoms with Crippen LogP contribution in [0.2, 0.25) is 0 Å². The summed E-state index contributed by atoms with van der Waals surface area (Å²) in [5.74, 6) is 0.755. The molecule has 186 valence electrons. The van der Waals surface area contributed by atoms with Crippen molar-refractivity contribution in [3.63, 3.8) is 0 Å². The number of aryl methyl sites for hydroxylation is 1. The minimum absolute atomic E-state index is 0.354. The van der Waals surface area contributed by atoms with Gasteiger partial charge in [-0.25, -0.2) is 25.0 Å². The topological polar surface area (TPSA) is 117 Å². The predicted octanol–water partition coefficient (Wildman–Crippen LogP) is 2.38. The maximum atomic E-state index is 12.3. The second-order valence-corrected chi connectivity index (χ2v) is 9.10. The number of benzene rings is 1. The Balaban J connectivity index is 1.03. The van der Waals surface area contributed by atoms with Crippen LogP contribution in [-0.4, -0.2) is 63.5 Å². The van der Waals surface area contributed by atoms with E-state index in [0.717, 1.165) is 68.4 Å². The summed E-state index contributed by atoms with van der Waals surface area (Å²) in [6.07, 6.45) is 7.51. The minimum Gasteiger partial charge on any atom is -0.376 e. The average Bonchev–Trinajstić information content (AvgIpc) is 3.28. The third kappa shape index (κ3) is 5.92. The molecule has 2 fully saturated rings.